The Kier molecular flexibility index (Phi) is 4.36. The van der Waals surface area contributed by atoms with E-state index in [4.69, 9.17) is 0 Å². The van der Waals surface area contributed by atoms with Crippen LogP contribution in [0.2, 0.25) is 0 Å². The monoisotopic (exact) mass is 327 g/mol. The minimum atomic E-state index is 0.256. The molecule has 1 aliphatic heterocycles. The summed E-state index contributed by atoms with van der Waals surface area (Å²) in [7, 11) is 0. The van der Waals surface area contributed by atoms with Crippen LogP contribution in [0, 0.1) is 0 Å². The number of aryl methyl sites for hydroxylation is 2. The largest absolute Gasteiger partial charge is 0.342 e. The van der Waals surface area contributed by atoms with Crippen LogP contribution in [0.25, 0.3) is 0 Å². The molecule has 3 heterocycles. The molecule has 24 heavy (non-hydrogen) atoms. The van der Waals surface area contributed by atoms with E-state index < -0.39 is 0 Å². The molecule has 1 saturated heterocycles. The molecule has 0 bridgehead atoms. The number of aromatic amines is 2. The molecule has 0 radical (unpaired) electrons. The van der Waals surface area contributed by atoms with Gasteiger partial charge in [0, 0.05) is 49.4 Å². The maximum absolute atomic E-state index is 12.6. The third kappa shape index (κ3) is 3.09. The van der Waals surface area contributed by atoms with Gasteiger partial charge in [0.2, 0.25) is 5.91 Å². The number of hydrogen-bond donors (Lipinski definition) is 2. The molecule has 128 valence electrons. The number of fused-ring (bicyclic) bond motifs is 1. The van der Waals surface area contributed by atoms with Crippen molar-refractivity contribution < 1.29 is 4.79 Å². The fraction of sp³-hybridized carbons (Fsp3) is 0.611. The lowest BCUT2D eigenvalue weighted by atomic mass is 9.93. The second-order valence-corrected chi connectivity index (χ2v) is 7.03. The van der Waals surface area contributed by atoms with Gasteiger partial charge in [0.05, 0.1) is 5.69 Å². The van der Waals surface area contributed by atoms with Gasteiger partial charge in [0.15, 0.2) is 0 Å². The van der Waals surface area contributed by atoms with Crippen molar-refractivity contribution >= 4 is 5.91 Å². The Labute approximate surface area is 142 Å². The molecule has 0 unspecified atom stereocenters. The number of likely N-dealkylation sites (tertiary alicyclic amines) is 1. The van der Waals surface area contributed by atoms with Crippen LogP contribution in [-0.4, -0.2) is 44.3 Å². The van der Waals surface area contributed by atoms with Crippen molar-refractivity contribution in [2.24, 2.45) is 0 Å². The summed E-state index contributed by atoms with van der Waals surface area (Å²) in [5.74, 6) is 0.648. The first kappa shape index (κ1) is 15.4. The van der Waals surface area contributed by atoms with Gasteiger partial charge in [-0.15, -0.1) is 0 Å². The van der Waals surface area contributed by atoms with Crippen LogP contribution in [0.5, 0.6) is 0 Å². The van der Waals surface area contributed by atoms with E-state index in [1.165, 1.54) is 24.1 Å². The van der Waals surface area contributed by atoms with E-state index >= 15 is 0 Å². The zero-order valence-electron chi connectivity index (χ0n) is 14.1. The average Bonchev–Trinajstić information content (AvgIpc) is 3.30. The van der Waals surface area contributed by atoms with Crippen LogP contribution in [-0.2, 0) is 24.1 Å². The molecule has 1 amide bonds. The fourth-order valence-corrected chi connectivity index (χ4v) is 4.09. The Bertz CT molecular complexity index is 690. The SMILES string of the molecule is O=C(CCc1n[nH]c2c1CCCC2)N1CCC[C@@H](c2ccn[nH]2)C1. The van der Waals surface area contributed by atoms with Crippen LogP contribution in [0.1, 0.15) is 60.7 Å². The summed E-state index contributed by atoms with van der Waals surface area (Å²) in [6.45, 7) is 1.68. The molecule has 6 heteroatoms. The predicted octanol–water partition coefficient (Wildman–Crippen LogP) is 2.35. The molecule has 1 aliphatic carbocycles. The number of carbonyl (C=O) groups is 1. The molecule has 1 atom stereocenters. The topological polar surface area (TPSA) is 77.7 Å². The average molecular weight is 327 g/mol. The molecule has 1 fully saturated rings. The molecule has 4 rings (SSSR count). The molecule has 2 aromatic heterocycles. The zero-order valence-corrected chi connectivity index (χ0v) is 14.1. The molecule has 0 saturated carbocycles. The van der Waals surface area contributed by atoms with Gasteiger partial charge < -0.3 is 4.90 Å². The summed E-state index contributed by atoms with van der Waals surface area (Å²) in [6, 6.07) is 2.02. The van der Waals surface area contributed by atoms with Gasteiger partial charge in [-0.3, -0.25) is 15.0 Å². The summed E-state index contributed by atoms with van der Waals surface area (Å²) in [4.78, 5) is 14.7. The molecular weight excluding hydrogens is 302 g/mol. The number of hydrogen-bond acceptors (Lipinski definition) is 3. The van der Waals surface area contributed by atoms with E-state index in [9.17, 15) is 4.79 Å². The first-order chi connectivity index (χ1) is 11.8. The molecule has 6 nitrogen and oxygen atoms in total. The molecule has 2 aliphatic rings. The van der Waals surface area contributed by atoms with E-state index in [2.05, 4.69) is 20.4 Å². The van der Waals surface area contributed by atoms with E-state index in [1.807, 2.05) is 11.0 Å². The van der Waals surface area contributed by atoms with Crippen molar-refractivity contribution in [1.29, 1.82) is 0 Å². The van der Waals surface area contributed by atoms with Crippen molar-refractivity contribution in [3.05, 3.63) is 34.9 Å². The second-order valence-electron chi connectivity index (χ2n) is 7.03. The lowest BCUT2D eigenvalue weighted by Gasteiger charge is -2.32. The standard InChI is InChI=1S/C18H25N5O/c24-18(8-7-17-14-5-1-2-6-16(14)21-22-17)23-11-3-4-13(12-23)15-9-10-19-20-15/h9-10,13H,1-8,11-12H2,(H,19,20)(H,21,22)/t13-/m1/s1. The number of H-pyrrole nitrogens is 2. The summed E-state index contributed by atoms with van der Waals surface area (Å²) in [5, 5.41) is 14.7. The van der Waals surface area contributed by atoms with Gasteiger partial charge in [0.25, 0.3) is 0 Å². The number of piperidine rings is 1. The lowest BCUT2D eigenvalue weighted by Crippen LogP contribution is -2.39. The van der Waals surface area contributed by atoms with Crippen LogP contribution < -0.4 is 0 Å². The summed E-state index contributed by atoms with van der Waals surface area (Å²) in [5.41, 5.74) is 4.93. The highest BCUT2D eigenvalue weighted by molar-refractivity contribution is 5.76. The Morgan fingerprint density at radius 3 is 3.04 bits per heavy atom. The maximum Gasteiger partial charge on any atom is 0.222 e. The van der Waals surface area contributed by atoms with Crippen molar-refractivity contribution in [3.63, 3.8) is 0 Å². The number of aromatic nitrogens is 4. The van der Waals surface area contributed by atoms with Gasteiger partial charge in [-0.05, 0) is 50.2 Å². The van der Waals surface area contributed by atoms with Crippen LogP contribution in [0.15, 0.2) is 12.3 Å². The maximum atomic E-state index is 12.6. The number of carbonyl (C=O) groups excluding carboxylic acids is 1. The van der Waals surface area contributed by atoms with Crippen molar-refractivity contribution in [1.82, 2.24) is 25.3 Å². The van der Waals surface area contributed by atoms with Crippen molar-refractivity contribution in [2.45, 2.75) is 57.3 Å². The summed E-state index contributed by atoms with van der Waals surface area (Å²) < 4.78 is 0. The van der Waals surface area contributed by atoms with Crippen molar-refractivity contribution in [3.8, 4) is 0 Å². The lowest BCUT2D eigenvalue weighted by molar-refractivity contribution is -0.132. The van der Waals surface area contributed by atoms with Crippen LogP contribution in [0.4, 0.5) is 0 Å². The van der Waals surface area contributed by atoms with Gasteiger partial charge in [-0.1, -0.05) is 0 Å². The summed E-state index contributed by atoms with van der Waals surface area (Å²) in [6.07, 6.45) is 10.0. The Morgan fingerprint density at radius 2 is 2.17 bits per heavy atom. The quantitative estimate of drug-likeness (QED) is 0.905. The smallest absolute Gasteiger partial charge is 0.222 e. The molecule has 2 aromatic rings. The number of amides is 1. The zero-order chi connectivity index (χ0) is 16.4. The normalized spacial score (nSPS) is 20.8. The van der Waals surface area contributed by atoms with E-state index in [1.54, 1.807) is 6.20 Å². The minimum absolute atomic E-state index is 0.256. The summed E-state index contributed by atoms with van der Waals surface area (Å²) >= 11 is 0. The Balaban J connectivity index is 1.35. The first-order valence-corrected chi connectivity index (χ1v) is 9.13. The third-order valence-corrected chi connectivity index (χ3v) is 5.45. The van der Waals surface area contributed by atoms with Gasteiger partial charge in [-0.25, -0.2) is 0 Å². The van der Waals surface area contributed by atoms with Gasteiger partial charge >= 0.3 is 0 Å². The number of rotatable bonds is 4. The highest BCUT2D eigenvalue weighted by Gasteiger charge is 2.26. The Morgan fingerprint density at radius 1 is 1.25 bits per heavy atom. The van der Waals surface area contributed by atoms with Gasteiger partial charge in [-0.2, -0.15) is 10.2 Å². The van der Waals surface area contributed by atoms with Crippen molar-refractivity contribution in [2.75, 3.05) is 13.1 Å². The minimum Gasteiger partial charge on any atom is -0.342 e. The molecule has 0 aromatic carbocycles. The molecular formula is C18H25N5O. The highest BCUT2D eigenvalue weighted by atomic mass is 16.2. The van der Waals surface area contributed by atoms with E-state index in [-0.39, 0.29) is 5.91 Å². The second kappa shape index (κ2) is 6.79. The molecule has 2 N–H and O–H groups in total. The molecule has 0 spiro atoms. The predicted molar refractivity (Wildman–Crippen MR) is 90.7 cm³/mol. The van der Waals surface area contributed by atoms with E-state index in [0.29, 0.717) is 12.3 Å². The van der Waals surface area contributed by atoms with E-state index in [0.717, 1.165) is 56.6 Å². The number of nitrogens with zero attached hydrogens (tertiary/aromatic N) is 3. The van der Waals surface area contributed by atoms with Gasteiger partial charge in [0.1, 0.15) is 0 Å². The fourth-order valence-electron chi connectivity index (χ4n) is 4.09. The number of nitrogens with one attached hydrogen (secondary N) is 2. The highest BCUT2D eigenvalue weighted by Crippen LogP contribution is 2.26. The van der Waals surface area contributed by atoms with Crippen LogP contribution >= 0.6 is 0 Å². The van der Waals surface area contributed by atoms with Crippen LogP contribution in [0.3, 0.4) is 0 Å². The first-order valence-electron chi connectivity index (χ1n) is 9.13. The third-order valence-electron chi connectivity index (χ3n) is 5.45. The Hall–Kier alpha value is -2.11.